The van der Waals surface area contributed by atoms with Crippen LogP contribution in [0.4, 0.5) is 0 Å². The van der Waals surface area contributed by atoms with Crippen molar-refractivity contribution >= 4 is 40.0 Å². The molecule has 0 saturated carbocycles. The predicted molar refractivity (Wildman–Crippen MR) is 224 cm³/mol. The highest BCUT2D eigenvalue weighted by molar-refractivity contribution is 7.04. The number of fused-ring (bicyclic) bond motifs is 6. The predicted octanol–water partition coefficient (Wildman–Crippen LogP) is 11.3. The highest BCUT2D eigenvalue weighted by Crippen LogP contribution is 2.38. The van der Waals surface area contributed by atoms with Gasteiger partial charge in [0, 0.05) is 16.7 Å². The van der Waals surface area contributed by atoms with Gasteiger partial charge in [0.05, 0.1) is 0 Å². The second kappa shape index (κ2) is 12.3. The summed E-state index contributed by atoms with van der Waals surface area (Å²) in [4.78, 5) is 15.6. The molecule has 8 aromatic carbocycles. The Labute approximate surface area is 310 Å². The van der Waals surface area contributed by atoms with Gasteiger partial charge in [0.2, 0.25) is 0 Å². The Morgan fingerprint density at radius 3 is 1.72 bits per heavy atom. The summed E-state index contributed by atoms with van der Waals surface area (Å²) < 4.78 is 0. The maximum Gasteiger partial charge on any atom is 0.164 e. The normalized spacial score (nSPS) is 12.9. The Hall–Kier alpha value is -6.49. The molecule has 1 aromatic heterocycles. The van der Waals surface area contributed by atoms with E-state index in [0.717, 1.165) is 33.4 Å². The van der Waals surface area contributed by atoms with Crippen molar-refractivity contribution in [1.82, 2.24) is 15.0 Å². The molecule has 0 amide bonds. The van der Waals surface area contributed by atoms with E-state index in [-0.39, 0.29) is 0 Å². The summed E-state index contributed by atoms with van der Waals surface area (Å²) in [7, 11) is -1.90. The van der Waals surface area contributed by atoms with Crippen molar-refractivity contribution < 1.29 is 0 Å². The van der Waals surface area contributed by atoms with Crippen molar-refractivity contribution in [3.8, 4) is 67.5 Å². The lowest BCUT2D eigenvalue weighted by Gasteiger charge is -2.19. The van der Waals surface area contributed by atoms with Crippen LogP contribution in [0.5, 0.6) is 0 Å². The molecule has 2 heterocycles. The number of aromatic nitrogens is 3. The summed E-state index contributed by atoms with van der Waals surface area (Å²) >= 11 is 0. The first kappa shape index (κ1) is 31.3. The van der Waals surface area contributed by atoms with Crippen LogP contribution in [0.25, 0.3) is 89.1 Å². The first-order valence-corrected chi connectivity index (χ1v) is 21.2. The molecule has 0 saturated heterocycles. The molecule has 0 bridgehead atoms. The maximum atomic E-state index is 5.25. The monoisotopic (exact) mass is 693 g/mol. The zero-order valence-corrected chi connectivity index (χ0v) is 30.6. The summed E-state index contributed by atoms with van der Waals surface area (Å²) in [5.41, 5.74) is 10.1. The van der Waals surface area contributed by atoms with Gasteiger partial charge in [-0.1, -0.05) is 177 Å². The molecule has 0 radical (unpaired) electrons. The van der Waals surface area contributed by atoms with Gasteiger partial charge in [-0.05, 0) is 77.4 Å². The summed E-state index contributed by atoms with van der Waals surface area (Å²) in [5, 5.41) is 7.99. The van der Waals surface area contributed by atoms with Crippen molar-refractivity contribution in [2.24, 2.45) is 0 Å². The molecule has 0 spiro atoms. The lowest BCUT2D eigenvalue weighted by Crippen LogP contribution is -2.49. The quantitative estimate of drug-likeness (QED) is 0.168. The van der Waals surface area contributed by atoms with Gasteiger partial charge in [-0.2, -0.15) is 0 Å². The molecule has 10 rings (SSSR count). The third-order valence-corrected chi connectivity index (χ3v) is 14.5. The van der Waals surface area contributed by atoms with Crippen LogP contribution in [0.2, 0.25) is 13.1 Å². The minimum Gasteiger partial charge on any atom is -0.208 e. The first-order chi connectivity index (χ1) is 26.0. The minimum atomic E-state index is -1.90. The lowest BCUT2D eigenvalue weighted by atomic mass is 9.97. The largest absolute Gasteiger partial charge is 0.208 e. The van der Waals surface area contributed by atoms with Crippen molar-refractivity contribution in [1.29, 1.82) is 0 Å². The van der Waals surface area contributed by atoms with E-state index in [4.69, 9.17) is 15.0 Å². The highest BCUT2D eigenvalue weighted by Gasteiger charge is 2.38. The molecule has 0 atom stereocenters. The molecule has 1 aliphatic rings. The Balaban J connectivity index is 1.14. The molecule has 1 aliphatic heterocycles. The summed E-state index contributed by atoms with van der Waals surface area (Å²) in [6, 6.07) is 62.9. The molecule has 3 nitrogen and oxygen atoms in total. The molecule has 0 N–H and O–H groups in total. The summed E-state index contributed by atoms with van der Waals surface area (Å²) in [5.74, 6) is 1.98. The van der Waals surface area contributed by atoms with Gasteiger partial charge < -0.3 is 0 Å². The van der Waals surface area contributed by atoms with Gasteiger partial charge in [0.1, 0.15) is 8.07 Å². The fraction of sp³-hybridized carbons (Fsp3) is 0.0408. The highest BCUT2D eigenvalue weighted by atomic mass is 28.3. The number of rotatable bonds is 5. The van der Waals surface area contributed by atoms with E-state index in [9.17, 15) is 0 Å². The molecule has 250 valence electrons. The smallest absolute Gasteiger partial charge is 0.164 e. The van der Waals surface area contributed by atoms with Gasteiger partial charge in [0.15, 0.2) is 17.5 Å². The van der Waals surface area contributed by atoms with Crippen molar-refractivity contribution in [3.05, 3.63) is 176 Å². The average molecular weight is 694 g/mol. The van der Waals surface area contributed by atoms with Gasteiger partial charge in [-0.25, -0.2) is 15.0 Å². The van der Waals surface area contributed by atoms with Crippen LogP contribution in [0, 0.1) is 0 Å². The van der Waals surface area contributed by atoms with Gasteiger partial charge >= 0.3 is 0 Å². The number of hydrogen-bond acceptors (Lipinski definition) is 3. The molecular weight excluding hydrogens is 659 g/mol. The van der Waals surface area contributed by atoms with Crippen LogP contribution in [0.1, 0.15) is 0 Å². The molecular formula is C49H35N3Si. The first-order valence-electron chi connectivity index (χ1n) is 18.2. The average Bonchev–Trinajstić information content (AvgIpc) is 3.46. The number of nitrogens with zero attached hydrogens (tertiary/aromatic N) is 3. The van der Waals surface area contributed by atoms with Crippen molar-refractivity contribution in [2.45, 2.75) is 13.1 Å². The van der Waals surface area contributed by atoms with Crippen LogP contribution in [0.15, 0.2) is 176 Å². The maximum absolute atomic E-state index is 5.25. The van der Waals surface area contributed by atoms with Crippen molar-refractivity contribution in [3.63, 3.8) is 0 Å². The standard InChI is InChI=1S/C49H35N3Si/c1-53(2)44-28-27-39(31-43(44)46-41-18-9-8-15-35(41)26-29-45(46)53)48-50-47(51-49(52-48)42-19-11-10-17-40(42)34-13-4-3-5-14-34)36-23-20-33(21-24-36)38-25-22-32-12-6-7-16-37(32)30-38/h3-31H,1-2H3. The van der Waals surface area contributed by atoms with Crippen LogP contribution in [0.3, 0.4) is 0 Å². The zero-order chi connectivity index (χ0) is 35.5. The Morgan fingerprint density at radius 1 is 0.340 bits per heavy atom. The fourth-order valence-corrected chi connectivity index (χ4v) is 11.2. The summed E-state index contributed by atoms with van der Waals surface area (Å²) in [6.07, 6.45) is 0. The molecule has 0 aliphatic carbocycles. The van der Waals surface area contributed by atoms with Gasteiger partial charge in [-0.3, -0.25) is 0 Å². The third kappa shape index (κ3) is 5.30. The second-order valence-corrected chi connectivity index (χ2v) is 18.8. The minimum absolute atomic E-state index is 0.652. The van der Waals surface area contributed by atoms with E-state index in [1.807, 2.05) is 6.07 Å². The SMILES string of the molecule is C[Si]1(C)c2ccc(-c3nc(-c4ccc(-c5ccc6ccccc6c5)cc4)nc(-c4ccccc4-c4ccccc4)n3)cc2-c2c1ccc1ccccc21. The second-order valence-electron chi connectivity index (χ2n) is 14.5. The van der Waals surface area contributed by atoms with Crippen LogP contribution >= 0.6 is 0 Å². The van der Waals surface area contributed by atoms with Crippen LogP contribution < -0.4 is 10.4 Å². The Kier molecular flexibility index (Phi) is 7.27. The zero-order valence-electron chi connectivity index (χ0n) is 29.6. The molecule has 9 aromatic rings. The van der Waals surface area contributed by atoms with Crippen LogP contribution in [-0.2, 0) is 0 Å². The molecule has 0 fully saturated rings. The van der Waals surface area contributed by atoms with E-state index in [1.54, 1.807) is 0 Å². The number of benzene rings is 8. The molecule has 0 unspecified atom stereocenters. The van der Waals surface area contributed by atoms with E-state index in [2.05, 4.69) is 183 Å². The topological polar surface area (TPSA) is 38.7 Å². The Morgan fingerprint density at radius 2 is 0.906 bits per heavy atom. The van der Waals surface area contributed by atoms with E-state index >= 15 is 0 Å². The van der Waals surface area contributed by atoms with Gasteiger partial charge in [0.25, 0.3) is 0 Å². The summed E-state index contributed by atoms with van der Waals surface area (Å²) in [6.45, 7) is 4.93. The van der Waals surface area contributed by atoms with Gasteiger partial charge in [-0.15, -0.1) is 0 Å². The van der Waals surface area contributed by atoms with E-state index in [0.29, 0.717) is 17.5 Å². The molecule has 4 heteroatoms. The van der Waals surface area contributed by atoms with E-state index < -0.39 is 8.07 Å². The fourth-order valence-electron chi connectivity index (χ4n) is 8.15. The van der Waals surface area contributed by atoms with Crippen LogP contribution in [-0.4, -0.2) is 23.0 Å². The Bertz CT molecular complexity index is 2860. The molecule has 53 heavy (non-hydrogen) atoms. The third-order valence-electron chi connectivity index (χ3n) is 10.9. The lowest BCUT2D eigenvalue weighted by molar-refractivity contribution is 1.07. The van der Waals surface area contributed by atoms with E-state index in [1.165, 1.54) is 48.6 Å². The van der Waals surface area contributed by atoms with Crippen molar-refractivity contribution in [2.75, 3.05) is 0 Å². The number of hydrogen-bond donors (Lipinski definition) is 0.